The summed E-state index contributed by atoms with van der Waals surface area (Å²) in [5.41, 5.74) is 1.20. The van der Waals surface area contributed by atoms with Crippen LogP contribution in [-0.2, 0) is 6.42 Å². The first-order valence-corrected chi connectivity index (χ1v) is 7.68. The van der Waals surface area contributed by atoms with E-state index in [2.05, 4.69) is 34.0 Å². The van der Waals surface area contributed by atoms with Crippen LogP contribution in [0.4, 0.5) is 11.6 Å². The zero-order chi connectivity index (χ0) is 14.5. The summed E-state index contributed by atoms with van der Waals surface area (Å²) in [6, 6.07) is 0. The lowest BCUT2D eigenvalue weighted by molar-refractivity contribution is 0.109. The summed E-state index contributed by atoms with van der Waals surface area (Å²) in [7, 11) is 0. The highest BCUT2D eigenvalue weighted by Crippen LogP contribution is 2.29. The number of hydrogen-bond donors (Lipinski definition) is 2. The third-order valence-electron chi connectivity index (χ3n) is 4.14. The molecule has 2 rings (SSSR count). The quantitative estimate of drug-likeness (QED) is 0.863. The van der Waals surface area contributed by atoms with Crippen molar-refractivity contribution in [2.75, 3.05) is 29.9 Å². The van der Waals surface area contributed by atoms with Crippen LogP contribution in [0, 0.1) is 5.92 Å². The fourth-order valence-electron chi connectivity index (χ4n) is 2.91. The number of piperidine rings is 1. The largest absolute Gasteiger partial charge is 0.393 e. The molecule has 0 amide bonds. The molecule has 0 radical (unpaired) electrons. The van der Waals surface area contributed by atoms with Gasteiger partial charge in [-0.2, -0.15) is 0 Å². The number of nitrogens with one attached hydrogen (secondary N) is 1. The van der Waals surface area contributed by atoms with Crippen LogP contribution < -0.4 is 10.2 Å². The number of aromatic nitrogens is 2. The Balaban J connectivity index is 2.15. The van der Waals surface area contributed by atoms with E-state index in [9.17, 15) is 5.11 Å². The van der Waals surface area contributed by atoms with Gasteiger partial charge in [0.15, 0.2) is 0 Å². The third-order valence-corrected chi connectivity index (χ3v) is 4.14. The smallest absolute Gasteiger partial charge is 0.137 e. The van der Waals surface area contributed by atoms with Gasteiger partial charge in [-0.1, -0.05) is 6.92 Å². The molecule has 1 fully saturated rings. The molecule has 1 aliphatic heterocycles. The summed E-state index contributed by atoms with van der Waals surface area (Å²) in [5, 5.41) is 13.0. The summed E-state index contributed by atoms with van der Waals surface area (Å²) in [5.74, 6) is 2.44. The predicted octanol–water partition coefficient (Wildman–Crippen LogP) is 2.07. The van der Waals surface area contributed by atoms with Crippen LogP contribution in [0.2, 0.25) is 0 Å². The summed E-state index contributed by atoms with van der Waals surface area (Å²) in [6.45, 7) is 8.91. The molecule has 5 heteroatoms. The van der Waals surface area contributed by atoms with Gasteiger partial charge in [-0.3, -0.25) is 0 Å². The van der Waals surface area contributed by atoms with E-state index in [4.69, 9.17) is 0 Å². The van der Waals surface area contributed by atoms with Gasteiger partial charge in [0.25, 0.3) is 0 Å². The van der Waals surface area contributed by atoms with Crippen molar-refractivity contribution >= 4 is 11.6 Å². The molecule has 1 aliphatic rings. The number of anilines is 2. The summed E-state index contributed by atoms with van der Waals surface area (Å²) in [6.07, 6.45) is 4.43. The maximum absolute atomic E-state index is 9.69. The van der Waals surface area contributed by atoms with Gasteiger partial charge in [0, 0.05) is 25.2 Å². The molecule has 1 aromatic heterocycles. The predicted molar refractivity (Wildman–Crippen MR) is 82.2 cm³/mol. The first kappa shape index (κ1) is 15.0. The van der Waals surface area contributed by atoms with Crippen LogP contribution in [0.1, 0.15) is 39.2 Å². The molecular weight excluding hydrogens is 252 g/mol. The molecule has 1 saturated heterocycles. The van der Waals surface area contributed by atoms with Gasteiger partial charge in [0.2, 0.25) is 0 Å². The van der Waals surface area contributed by atoms with Crippen molar-refractivity contribution in [1.29, 1.82) is 0 Å². The Hall–Kier alpha value is -1.36. The summed E-state index contributed by atoms with van der Waals surface area (Å²) < 4.78 is 0. The van der Waals surface area contributed by atoms with Crippen molar-refractivity contribution < 1.29 is 5.11 Å². The average Bonchev–Trinajstić information content (AvgIpc) is 2.47. The van der Waals surface area contributed by atoms with Crippen LogP contribution in [0.25, 0.3) is 0 Å². The second-order valence-electron chi connectivity index (χ2n) is 5.47. The van der Waals surface area contributed by atoms with Crippen molar-refractivity contribution in [1.82, 2.24) is 9.97 Å². The van der Waals surface area contributed by atoms with Crippen molar-refractivity contribution in [3.63, 3.8) is 0 Å². The lowest BCUT2D eigenvalue weighted by Gasteiger charge is -2.35. The first-order valence-electron chi connectivity index (χ1n) is 7.68. The maximum atomic E-state index is 9.69. The van der Waals surface area contributed by atoms with E-state index < -0.39 is 0 Å². The molecule has 0 bridgehead atoms. The lowest BCUT2D eigenvalue weighted by atomic mass is 9.92. The summed E-state index contributed by atoms with van der Waals surface area (Å²) >= 11 is 0. The second kappa shape index (κ2) is 6.88. The number of aliphatic hydroxyl groups is 1. The van der Waals surface area contributed by atoms with Gasteiger partial charge in [0.1, 0.15) is 18.0 Å². The normalized spacial score (nSPS) is 18.1. The van der Waals surface area contributed by atoms with Crippen molar-refractivity contribution in [2.24, 2.45) is 5.92 Å². The van der Waals surface area contributed by atoms with E-state index in [1.165, 1.54) is 5.56 Å². The Kier molecular flexibility index (Phi) is 5.17. The van der Waals surface area contributed by atoms with Gasteiger partial charge in [-0.25, -0.2) is 9.97 Å². The van der Waals surface area contributed by atoms with Crippen molar-refractivity contribution in [3.8, 4) is 0 Å². The Morgan fingerprint density at radius 2 is 2.05 bits per heavy atom. The van der Waals surface area contributed by atoms with Gasteiger partial charge in [0.05, 0.1) is 6.10 Å². The molecule has 2 N–H and O–H groups in total. The van der Waals surface area contributed by atoms with Gasteiger partial charge in [-0.05, 0) is 39.0 Å². The maximum Gasteiger partial charge on any atom is 0.137 e. The monoisotopic (exact) mass is 278 g/mol. The number of nitrogens with zero attached hydrogens (tertiary/aromatic N) is 3. The average molecular weight is 278 g/mol. The van der Waals surface area contributed by atoms with Crippen molar-refractivity contribution in [2.45, 2.75) is 46.1 Å². The van der Waals surface area contributed by atoms with Crippen LogP contribution in [-0.4, -0.2) is 40.8 Å². The highest BCUT2D eigenvalue weighted by atomic mass is 16.3. The highest BCUT2D eigenvalue weighted by Gasteiger charge is 2.25. The molecule has 0 spiro atoms. The Morgan fingerprint density at radius 1 is 1.35 bits per heavy atom. The SMILES string of the molecule is CCNc1ncnc(N2CCC(C(C)O)CC2)c1CC. The molecule has 1 aromatic rings. The minimum Gasteiger partial charge on any atom is -0.393 e. The molecule has 0 aromatic carbocycles. The number of rotatable bonds is 5. The second-order valence-corrected chi connectivity index (χ2v) is 5.47. The van der Waals surface area contributed by atoms with E-state index in [-0.39, 0.29) is 6.10 Å². The van der Waals surface area contributed by atoms with E-state index >= 15 is 0 Å². The summed E-state index contributed by atoms with van der Waals surface area (Å²) in [4.78, 5) is 11.2. The van der Waals surface area contributed by atoms with Gasteiger partial charge >= 0.3 is 0 Å². The van der Waals surface area contributed by atoms with E-state index in [0.29, 0.717) is 5.92 Å². The molecule has 1 atom stereocenters. The van der Waals surface area contributed by atoms with E-state index in [1.807, 2.05) is 6.92 Å². The van der Waals surface area contributed by atoms with Gasteiger partial charge in [-0.15, -0.1) is 0 Å². The van der Waals surface area contributed by atoms with E-state index in [0.717, 1.165) is 50.5 Å². The fourth-order valence-corrected chi connectivity index (χ4v) is 2.91. The Labute approximate surface area is 121 Å². The lowest BCUT2D eigenvalue weighted by Crippen LogP contribution is -2.38. The Bertz CT molecular complexity index is 428. The first-order chi connectivity index (χ1) is 9.67. The zero-order valence-corrected chi connectivity index (χ0v) is 12.8. The minimum atomic E-state index is -0.203. The molecule has 2 heterocycles. The number of hydrogen-bond acceptors (Lipinski definition) is 5. The molecule has 112 valence electrons. The minimum absolute atomic E-state index is 0.203. The van der Waals surface area contributed by atoms with Crippen LogP contribution in [0.15, 0.2) is 6.33 Å². The molecule has 5 nitrogen and oxygen atoms in total. The standard InChI is InChI=1S/C15H26N4O/c1-4-13-14(16-5-2)17-10-18-15(13)19-8-6-12(7-9-19)11(3)20/h10-12,20H,4-9H2,1-3H3,(H,16,17,18). The fraction of sp³-hybridized carbons (Fsp3) is 0.733. The van der Waals surface area contributed by atoms with Crippen LogP contribution in [0.3, 0.4) is 0 Å². The molecule has 20 heavy (non-hydrogen) atoms. The molecule has 0 aliphatic carbocycles. The number of aliphatic hydroxyl groups excluding tert-OH is 1. The Morgan fingerprint density at radius 3 is 2.60 bits per heavy atom. The molecule has 0 saturated carbocycles. The van der Waals surface area contributed by atoms with Crippen molar-refractivity contribution in [3.05, 3.63) is 11.9 Å². The van der Waals surface area contributed by atoms with Crippen LogP contribution in [0.5, 0.6) is 0 Å². The highest BCUT2D eigenvalue weighted by molar-refractivity contribution is 5.58. The zero-order valence-electron chi connectivity index (χ0n) is 12.8. The van der Waals surface area contributed by atoms with E-state index in [1.54, 1.807) is 6.33 Å². The van der Waals surface area contributed by atoms with Gasteiger partial charge < -0.3 is 15.3 Å². The molecule has 1 unspecified atom stereocenters. The van der Waals surface area contributed by atoms with Crippen LogP contribution >= 0.6 is 0 Å². The molecular formula is C15H26N4O. The third kappa shape index (κ3) is 3.20. The topological polar surface area (TPSA) is 61.3 Å².